The highest BCUT2D eigenvalue weighted by Gasteiger charge is 2.39. The van der Waals surface area contributed by atoms with E-state index >= 15 is 0 Å². The summed E-state index contributed by atoms with van der Waals surface area (Å²) in [6.07, 6.45) is 6.67. The zero-order valence-electron chi connectivity index (χ0n) is 16.5. The van der Waals surface area contributed by atoms with Crippen molar-refractivity contribution in [2.45, 2.75) is 43.7 Å². The largest absolute Gasteiger partial charge is 0.497 e. The third-order valence-corrected chi connectivity index (χ3v) is 5.74. The molecule has 154 valence electrons. The van der Waals surface area contributed by atoms with Crippen molar-refractivity contribution in [1.82, 2.24) is 20.8 Å². The number of nitrogens with one attached hydrogen (secondary N) is 2. The number of piperidine rings is 1. The van der Waals surface area contributed by atoms with Gasteiger partial charge in [0.05, 0.1) is 13.5 Å². The zero-order chi connectivity index (χ0) is 20.2. The number of carbonyl (C=O) groups is 1. The van der Waals surface area contributed by atoms with Gasteiger partial charge in [-0.3, -0.25) is 10.0 Å². The predicted molar refractivity (Wildman–Crippen MR) is 108 cm³/mol. The molecule has 2 atom stereocenters. The van der Waals surface area contributed by atoms with Crippen LogP contribution in [0, 0.1) is 0 Å². The molecule has 0 radical (unpaired) electrons. The first-order valence-electron chi connectivity index (χ1n) is 10.0. The quantitative estimate of drug-likeness (QED) is 0.482. The van der Waals surface area contributed by atoms with Crippen LogP contribution in [-0.4, -0.2) is 53.4 Å². The van der Waals surface area contributed by atoms with Crippen molar-refractivity contribution in [1.29, 1.82) is 0 Å². The number of rotatable bonds is 7. The lowest BCUT2D eigenvalue weighted by molar-refractivity contribution is -0.128. The van der Waals surface area contributed by atoms with Crippen LogP contribution in [0.1, 0.15) is 36.3 Å². The molecule has 3 N–H and O–H groups in total. The van der Waals surface area contributed by atoms with Crippen molar-refractivity contribution in [2.75, 3.05) is 25.1 Å². The summed E-state index contributed by atoms with van der Waals surface area (Å²) in [4.78, 5) is 22.1. The summed E-state index contributed by atoms with van der Waals surface area (Å²) in [5, 5.41) is 12.4. The fourth-order valence-corrected chi connectivity index (χ4v) is 3.98. The minimum absolute atomic E-state index is 0.0690. The number of hydrogen-bond acceptors (Lipinski definition) is 7. The Kier molecular flexibility index (Phi) is 5.92. The minimum Gasteiger partial charge on any atom is -0.497 e. The number of ether oxygens (including phenoxy) is 1. The first-order valence-corrected chi connectivity index (χ1v) is 10.0. The van der Waals surface area contributed by atoms with Crippen molar-refractivity contribution < 1.29 is 14.7 Å². The first-order chi connectivity index (χ1) is 14.2. The molecule has 4 rings (SSSR count). The summed E-state index contributed by atoms with van der Waals surface area (Å²) < 4.78 is 5.23. The second-order valence-electron chi connectivity index (χ2n) is 7.75. The maximum Gasteiger partial charge on any atom is 0.247 e. The van der Waals surface area contributed by atoms with E-state index in [4.69, 9.17) is 9.94 Å². The molecule has 1 aromatic heterocycles. The molecule has 2 unspecified atom stereocenters. The monoisotopic (exact) mass is 397 g/mol. The zero-order valence-corrected chi connectivity index (χ0v) is 16.5. The van der Waals surface area contributed by atoms with Crippen molar-refractivity contribution in [3.63, 3.8) is 0 Å². The lowest BCUT2D eigenvalue weighted by atomic mass is 10.0. The number of nitrogens with zero attached hydrogens (tertiary/aromatic N) is 3. The number of methoxy groups -OCH3 is 1. The average Bonchev–Trinajstić information content (AvgIpc) is 3.54. The van der Waals surface area contributed by atoms with Crippen LogP contribution in [0.4, 0.5) is 5.95 Å². The molecule has 2 aromatic rings. The number of carbonyl (C=O) groups excluding carboxylic acids is 1. The number of hydroxylamine groups is 1. The maximum atomic E-state index is 11.2. The molecule has 29 heavy (non-hydrogen) atoms. The van der Waals surface area contributed by atoms with Gasteiger partial charge in [-0.25, -0.2) is 15.4 Å². The van der Waals surface area contributed by atoms with Gasteiger partial charge in [0.25, 0.3) is 0 Å². The second-order valence-corrected chi connectivity index (χ2v) is 7.75. The summed E-state index contributed by atoms with van der Waals surface area (Å²) in [5.74, 6) is 1.73. The van der Waals surface area contributed by atoms with Crippen LogP contribution in [0.3, 0.4) is 0 Å². The Labute approximate surface area is 170 Å². The highest BCUT2D eigenvalue weighted by atomic mass is 16.5. The highest BCUT2D eigenvalue weighted by Crippen LogP contribution is 2.42. The summed E-state index contributed by atoms with van der Waals surface area (Å²) in [7, 11) is 1.69. The molecule has 8 heteroatoms. The molecular weight excluding hydrogens is 370 g/mol. The molecule has 1 amide bonds. The molecule has 1 saturated heterocycles. The Balaban J connectivity index is 1.23. The number of hydrogen-bond donors (Lipinski definition) is 3. The van der Waals surface area contributed by atoms with Gasteiger partial charge in [-0.2, -0.15) is 0 Å². The van der Waals surface area contributed by atoms with Gasteiger partial charge in [-0.15, -0.1) is 0 Å². The van der Waals surface area contributed by atoms with Crippen molar-refractivity contribution in [3.8, 4) is 5.75 Å². The van der Waals surface area contributed by atoms with Gasteiger partial charge >= 0.3 is 0 Å². The van der Waals surface area contributed by atoms with E-state index in [-0.39, 0.29) is 6.42 Å². The van der Waals surface area contributed by atoms with E-state index < -0.39 is 5.91 Å². The van der Waals surface area contributed by atoms with E-state index in [1.807, 2.05) is 12.1 Å². The molecule has 2 aliphatic rings. The Bertz CT molecular complexity index is 819. The van der Waals surface area contributed by atoms with Crippen molar-refractivity contribution >= 4 is 11.9 Å². The van der Waals surface area contributed by atoms with Crippen LogP contribution in [0.2, 0.25) is 0 Å². The normalized spacial score (nSPS) is 21.7. The van der Waals surface area contributed by atoms with Crippen molar-refractivity contribution in [3.05, 3.63) is 47.8 Å². The molecule has 1 aliphatic carbocycles. The lowest BCUT2D eigenvalue weighted by Crippen LogP contribution is -2.44. The fraction of sp³-hybridized carbons (Fsp3) is 0.476. The maximum absolute atomic E-state index is 11.2. The Morgan fingerprint density at radius 3 is 2.52 bits per heavy atom. The summed E-state index contributed by atoms with van der Waals surface area (Å²) in [5.41, 5.74) is 3.67. The molecule has 1 saturated carbocycles. The minimum atomic E-state index is -0.471. The molecule has 1 aromatic carbocycles. The molecule has 2 heterocycles. The van der Waals surface area contributed by atoms with Gasteiger partial charge in [0, 0.05) is 43.5 Å². The van der Waals surface area contributed by atoms with Gasteiger partial charge < -0.3 is 15.0 Å². The van der Waals surface area contributed by atoms with Gasteiger partial charge in [0.2, 0.25) is 11.9 Å². The number of benzene rings is 1. The van der Waals surface area contributed by atoms with E-state index in [1.165, 1.54) is 12.0 Å². The van der Waals surface area contributed by atoms with Crippen LogP contribution in [0.25, 0.3) is 0 Å². The topological polar surface area (TPSA) is 99.6 Å². The molecular formula is C21H27N5O3. The highest BCUT2D eigenvalue weighted by molar-refractivity contribution is 5.77. The molecule has 8 nitrogen and oxygen atoms in total. The number of aromatic nitrogens is 2. The van der Waals surface area contributed by atoms with Crippen LogP contribution < -0.4 is 20.4 Å². The van der Waals surface area contributed by atoms with Crippen molar-refractivity contribution in [2.24, 2.45) is 0 Å². The van der Waals surface area contributed by atoms with E-state index in [0.29, 0.717) is 29.5 Å². The van der Waals surface area contributed by atoms with E-state index in [1.54, 1.807) is 25.0 Å². The van der Waals surface area contributed by atoms with Crippen LogP contribution in [0.5, 0.6) is 5.75 Å². The van der Waals surface area contributed by atoms with Gasteiger partial charge in [-0.05, 0) is 42.5 Å². The van der Waals surface area contributed by atoms with E-state index in [9.17, 15) is 4.79 Å². The van der Waals surface area contributed by atoms with Gasteiger partial charge in [0.15, 0.2) is 0 Å². The smallest absolute Gasteiger partial charge is 0.247 e. The Morgan fingerprint density at radius 1 is 1.21 bits per heavy atom. The number of anilines is 1. The number of amides is 1. The SMILES string of the molecule is COc1ccc(C2CC2NC2CCN(c3ncc(CC(=O)NO)cn3)CC2)cc1. The lowest BCUT2D eigenvalue weighted by Gasteiger charge is -2.32. The van der Waals surface area contributed by atoms with E-state index in [2.05, 4.69) is 32.3 Å². The van der Waals surface area contributed by atoms with Gasteiger partial charge in [0.1, 0.15) is 5.75 Å². The predicted octanol–water partition coefficient (Wildman–Crippen LogP) is 1.65. The second kappa shape index (κ2) is 8.75. The van der Waals surface area contributed by atoms with E-state index in [0.717, 1.165) is 31.7 Å². The molecule has 2 fully saturated rings. The Hall–Kier alpha value is -2.71. The fourth-order valence-electron chi connectivity index (χ4n) is 3.98. The molecule has 0 spiro atoms. The van der Waals surface area contributed by atoms with Gasteiger partial charge in [-0.1, -0.05) is 12.1 Å². The third kappa shape index (κ3) is 4.83. The summed E-state index contributed by atoms with van der Waals surface area (Å²) in [6, 6.07) is 9.48. The average molecular weight is 397 g/mol. The first kappa shape index (κ1) is 19.6. The van der Waals surface area contributed by atoms with Crippen LogP contribution >= 0.6 is 0 Å². The summed E-state index contributed by atoms with van der Waals surface area (Å²) >= 11 is 0. The van der Waals surface area contributed by atoms with Crippen LogP contribution in [-0.2, 0) is 11.2 Å². The molecule has 1 aliphatic heterocycles. The molecule has 0 bridgehead atoms. The Morgan fingerprint density at radius 2 is 1.90 bits per heavy atom. The standard InChI is InChI=1S/C21H27N5O3/c1-29-17-4-2-15(3-5-17)18-11-19(18)24-16-6-8-26(9-7-16)21-22-12-14(13-23-21)10-20(27)25-28/h2-5,12-13,16,18-19,24,28H,6-11H2,1H3,(H,25,27). The summed E-state index contributed by atoms with van der Waals surface area (Å²) in [6.45, 7) is 1.82. The third-order valence-electron chi connectivity index (χ3n) is 5.74. The van der Waals surface area contributed by atoms with Crippen LogP contribution in [0.15, 0.2) is 36.7 Å².